The molecule has 1 atom stereocenters. The highest BCUT2D eigenvalue weighted by atomic mass is 35.5. The van der Waals surface area contributed by atoms with Crippen molar-refractivity contribution in [2.24, 2.45) is 0 Å². The molecule has 0 bridgehead atoms. The zero-order valence-corrected chi connectivity index (χ0v) is 15.6. The fourth-order valence-electron chi connectivity index (χ4n) is 3.13. The van der Waals surface area contributed by atoms with E-state index in [1.807, 2.05) is 24.3 Å². The summed E-state index contributed by atoms with van der Waals surface area (Å²) < 4.78 is 5.46. The number of aliphatic hydroxyl groups excluding tert-OH is 1. The summed E-state index contributed by atoms with van der Waals surface area (Å²) in [4.78, 5) is 14.9. The topological polar surface area (TPSA) is 79.1 Å². The monoisotopic (exact) mass is 391 g/mol. The molecule has 1 heterocycles. The number of nitro groups is 1. The lowest BCUT2D eigenvalue weighted by Gasteiger charge is -2.36. The van der Waals surface area contributed by atoms with E-state index in [9.17, 15) is 15.2 Å². The molecule has 1 N–H and O–H groups in total. The number of nitrogens with zero attached hydrogens (tertiary/aromatic N) is 3. The van der Waals surface area contributed by atoms with E-state index in [-0.39, 0.29) is 18.0 Å². The number of aliphatic hydroxyl groups is 1. The van der Waals surface area contributed by atoms with Crippen molar-refractivity contribution in [3.8, 4) is 5.75 Å². The van der Waals surface area contributed by atoms with Crippen molar-refractivity contribution in [1.29, 1.82) is 0 Å². The van der Waals surface area contributed by atoms with Gasteiger partial charge in [0, 0.05) is 49.5 Å². The molecule has 1 saturated heterocycles. The number of rotatable bonds is 7. The maximum Gasteiger partial charge on any atom is 0.310 e. The first-order chi connectivity index (χ1) is 13.0. The van der Waals surface area contributed by atoms with Crippen LogP contribution < -0.4 is 9.64 Å². The van der Waals surface area contributed by atoms with Gasteiger partial charge in [0.15, 0.2) is 5.75 Å². The minimum Gasteiger partial charge on any atom is -0.484 e. The largest absolute Gasteiger partial charge is 0.484 e. The fourth-order valence-corrected chi connectivity index (χ4v) is 3.31. The summed E-state index contributed by atoms with van der Waals surface area (Å²) in [5, 5.41) is 22.0. The fraction of sp³-hybridized carbons (Fsp3) is 0.368. The minimum absolute atomic E-state index is 0.0133. The number of para-hydroxylation sites is 2. The van der Waals surface area contributed by atoms with Crippen LogP contribution in [0.25, 0.3) is 0 Å². The lowest BCUT2D eigenvalue weighted by molar-refractivity contribution is -0.385. The molecule has 0 aliphatic carbocycles. The van der Waals surface area contributed by atoms with Crippen molar-refractivity contribution in [2.45, 2.75) is 6.10 Å². The Kier molecular flexibility index (Phi) is 6.49. The third-order valence-corrected chi connectivity index (χ3v) is 4.74. The smallest absolute Gasteiger partial charge is 0.310 e. The van der Waals surface area contributed by atoms with Crippen LogP contribution in [-0.2, 0) is 0 Å². The van der Waals surface area contributed by atoms with Gasteiger partial charge in [-0.2, -0.15) is 0 Å². The van der Waals surface area contributed by atoms with Gasteiger partial charge in [0.25, 0.3) is 0 Å². The number of benzene rings is 2. The lowest BCUT2D eigenvalue weighted by Crippen LogP contribution is -2.49. The quantitative estimate of drug-likeness (QED) is 0.577. The number of anilines is 1. The number of halogens is 1. The van der Waals surface area contributed by atoms with Crippen LogP contribution in [0.4, 0.5) is 11.4 Å². The Bertz CT molecular complexity index is 781. The second-order valence-corrected chi connectivity index (χ2v) is 6.89. The summed E-state index contributed by atoms with van der Waals surface area (Å²) in [5.74, 6) is 0.173. The Morgan fingerprint density at radius 2 is 1.89 bits per heavy atom. The average Bonchev–Trinajstić information content (AvgIpc) is 2.67. The van der Waals surface area contributed by atoms with E-state index in [1.165, 1.54) is 12.1 Å². The molecule has 3 rings (SSSR count). The van der Waals surface area contributed by atoms with Crippen LogP contribution in [0.15, 0.2) is 48.5 Å². The number of hydrogen-bond acceptors (Lipinski definition) is 6. The van der Waals surface area contributed by atoms with E-state index in [0.717, 1.165) is 36.9 Å². The van der Waals surface area contributed by atoms with Gasteiger partial charge < -0.3 is 14.7 Å². The van der Waals surface area contributed by atoms with Gasteiger partial charge in [0.05, 0.1) is 4.92 Å². The maximum absolute atomic E-state index is 11.0. The number of nitro benzene ring substituents is 1. The first-order valence-electron chi connectivity index (χ1n) is 8.80. The average molecular weight is 392 g/mol. The van der Waals surface area contributed by atoms with Gasteiger partial charge >= 0.3 is 5.69 Å². The van der Waals surface area contributed by atoms with E-state index in [4.69, 9.17) is 16.3 Å². The number of hydrogen-bond donors (Lipinski definition) is 1. The van der Waals surface area contributed by atoms with Gasteiger partial charge in [-0.25, -0.2) is 0 Å². The first kappa shape index (κ1) is 19.4. The second-order valence-electron chi connectivity index (χ2n) is 6.46. The third-order valence-electron chi connectivity index (χ3n) is 4.51. The molecule has 2 aromatic rings. The van der Waals surface area contributed by atoms with Crippen LogP contribution in [0.1, 0.15) is 0 Å². The van der Waals surface area contributed by atoms with Crippen LogP contribution in [0.5, 0.6) is 5.75 Å². The zero-order valence-electron chi connectivity index (χ0n) is 14.8. The molecule has 27 heavy (non-hydrogen) atoms. The van der Waals surface area contributed by atoms with E-state index in [0.29, 0.717) is 6.54 Å². The normalized spacial score (nSPS) is 16.1. The molecule has 0 unspecified atom stereocenters. The van der Waals surface area contributed by atoms with Crippen molar-refractivity contribution in [3.63, 3.8) is 0 Å². The lowest BCUT2D eigenvalue weighted by atomic mass is 10.2. The predicted octanol–water partition coefficient (Wildman–Crippen LogP) is 2.81. The van der Waals surface area contributed by atoms with Gasteiger partial charge in [0.2, 0.25) is 0 Å². The van der Waals surface area contributed by atoms with Crippen LogP contribution >= 0.6 is 11.6 Å². The Morgan fingerprint density at radius 3 is 2.59 bits per heavy atom. The summed E-state index contributed by atoms with van der Waals surface area (Å²) in [6, 6.07) is 14.0. The van der Waals surface area contributed by atoms with Gasteiger partial charge in [-0.1, -0.05) is 29.8 Å². The molecule has 0 radical (unpaired) electrons. The van der Waals surface area contributed by atoms with Crippen molar-refractivity contribution in [1.82, 2.24) is 4.90 Å². The van der Waals surface area contributed by atoms with Crippen LogP contribution in [-0.4, -0.2) is 60.4 Å². The summed E-state index contributed by atoms with van der Waals surface area (Å²) in [6.07, 6.45) is -0.720. The van der Waals surface area contributed by atoms with Crippen LogP contribution in [0, 0.1) is 10.1 Å². The van der Waals surface area contributed by atoms with Gasteiger partial charge in [-0.3, -0.25) is 15.0 Å². The SMILES string of the molecule is O=[N+]([O-])c1ccccc1OC[C@H](O)CN1CCN(c2cccc(Cl)c2)CC1. The Morgan fingerprint density at radius 1 is 1.15 bits per heavy atom. The molecule has 0 amide bonds. The number of piperazine rings is 1. The highest BCUT2D eigenvalue weighted by Gasteiger charge is 2.21. The molecule has 8 heteroatoms. The maximum atomic E-state index is 11.0. The van der Waals surface area contributed by atoms with Crippen LogP contribution in [0.2, 0.25) is 5.02 Å². The standard InChI is InChI=1S/C19H22ClN3O4/c20-15-4-3-5-16(12-15)22-10-8-21(9-11-22)13-17(24)14-27-19-7-2-1-6-18(19)23(25)26/h1-7,12,17,24H,8-11,13-14H2/t17-/m1/s1. The molecular formula is C19H22ClN3O4. The second kappa shape index (κ2) is 9.03. The Hall–Kier alpha value is -2.35. The molecule has 0 aromatic heterocycles. The summed E-state index contributed by atoms with van der Waals surface area (Å²) in [6.45, 7) is 3.80. The van der Waals surface area contributed by atoms with Crippen molar-refractivity contribution in [3.05, 3.63) is 63.7 Å². The minimum atomic E-state index is -0.720. The Balaban J connectivity index is 1.46. The molecule has 1 fully saturated rings. The predicted molar refractivity (Wildman–Crippen MR) is 105 cm³/mol. The molecule has 7 nitrogen and oxygen atoms in total. The molecule has 0 spiro atoms. The first-order valence-corrected chi connectivity index (χ1v) is 9.18. The summed E-state index contributed by atoms with van der Waals surface area (Å²) in [7, 11) is 0. The molecule has 0 saturated carbocycles. The van der Waals surface area contributed by atoms with Crippen molar-refractivity contribution in [2.75, 3.05) is 44.2 Å². The van der Waals surface area contributed by atoms with Gasteiger partial charge in [0.1, 0.15) is 12.7 Å². The number of β-amino-alcohol motifs (C(OH)–C–C–N with tert-alkyl or cyclic N) is 1. The Labute approximate surface area is 162 Å². The zero-order chi connectivity index (χ0) is 19.2. The highest BCUT2D eigenvalue weighted by Crippen LogP contribution is 2.26. The molecule has 144 valence electrons. The molecular weight excluding hydrogens is 370 g/mol. The van der Waals surface area contributed by atoms with Gasteiger partial charge in [-0.05, 0) is 24.3 Å². The van der Waals surface area contributed by atoms with E-state index in [1.54, 1.807) is 12.1 Å². The highest BCUT2D eigenvalue weighted by molar-refractivity contribution is 6.30. The summed E-state index contributed by atoms with van der Waals surface area (Å²) in [5.41, 5.74) is 1.00. The van der Waals surface area contributed by atoms with E-state index < -0.39 is 11.0 Å². The number of ether oxygens (including phenoxy) is 1. The van der Waals surface area contributed by atoms with Crippen molar-refractivity contribution >= 4 is 23.0 Å². The third kappa shape index (κ3) is 5.32. The van der Waals surface area contributed by atoms with Gasteiger partial charge in [-0.15, -0.1) is 0 Å². The molecule has 2 aromatic carbocycles. The van der Waals surface area contributed by atoms with E-state index >= 15 is 0 Å². The summed E-state index contributed by atoms with van der Waals surface area (Å²) >= 11 is 6.05. The molecule has 1 aliphatic heterocycles. The van der Waals surface area contributed by atoms with E-state index in [2.05, 4.69) is 9.80 Å². The van der Waals surface area contributed by atoms with Crippen LogP contribution in [0.3, 0.4) is 0 Å². The van der Waals surface area contributed by atoms with Crippen molar-refractivity contribution < 1.29 is 14.8 Å². The molecule has 1 aliphatic rings.